The summed E-state index contributed by atoms with van der Waals surface area (Å²) in [4.78, 5) is 4.48. The molecule has 0 saturated heterocycles. The summed E-state index contributed by atoms with van der Waals surface area (Å²) in [5, 5.41) is 3.19. The third-order valence-corrected chi connectivity index (χ3v) is 3.67. The molecule has 0 amide bonds. The molecule has 1 aromatic heterocycles. The number of benzene rings is 1. The molecule has 4 heteroatoms. The standard InChI is InChI=1S/C13H17N3S/c1-9-5-3-4-6-12(9)13(16-14)7-11-8-17-10(2)15-11/h3-6,8,13,16H,7,14H2,1-2H3. The minimum Gasteiger partial charge on any atom is -0.271 e. The van der Waals surface area contributed by atoms with Crippen molar-refractivity contribution in [1.82, 2.24) is 10.4 Å². The summed E-state index contributed by atoms with van der Waals surface area (Å²) < 4.78 is 0. The fourth-order valence-corrected chi connectivity index (χ4v) is 2.57. The summed E-state index contributed by atoms with van der Waals surface area (Å²) in [5.41, 5.74) is 6.47. The molecule has 0 aliphatic carbocycles. The number of hydrogen-bond acceptors (Lipinski definition) is 4. The summed E-state index contributed by atoms with van der Waals surface area (Å²) >= 11 is 1.68. The van der Waals surface area contributed by atoms with Gasteiger partial charge in [-0.25, -0.2) is 4.98 Å². The van der Waals surface area contributed by atoms with Gasteiger partial charge in [-0.15, -0.1) is 11.3 Å². The summed E-state index contributed by atoms with van der Waals surface area (Å²) in [6.07, 6.45) is 0.825. The zero-order valence-electron chi connectivity index (χ0n) is 10.1. The number of hydrogen-bond donors (Lipinski definition) is 2. The van der Waals surface area contributed by atoms with Crippen LogP contribution in [0.4, 0.5) is 0 Å². The van der Waals surface area contributed by atoms with Gasteiger partial charge in [-0.2, -0.15) is 0 Å². The second kappa shape index (κ2) is 5.40. The molecule has 0 aliphatic heterocycles. The first kappa shape index (κ1) is 12.2. The van der Waals surface area contributed by atoms with Gasteiger partial charge < -0.3 is 0 Å². The number of aromatic nitrogens is 1. The highest BCUT2D eigenvalue weighted by Crippen LogP contribution is 2.21. The Morgan fingerprint density at radius 1 is 1.35 bits per heavy atom. The largest absolute Gasteiger partial charge is 0.271 e. The average Bonchev–Trinajstić information content (AvgIpc) is 2.73. The summed E-state index contributed by atoms with van der Waals surface area (Å²) in [7, 11) is 0. The maximum Gasteiger partial charge on any atom is 0.0897 e. The Kier molecular flexibility index (Phi) is 3.89. The quantitative estimate of drug-likeness (QED) is 0.644. The van der Waals surface area contributed by atoms with E-state index in [1.807, 2.05) is 19.1 Å². The zero-order valence-corrected chi connectivity index (χ0v) is 10.9. The molecular formula is C13H17N3S. The topological polar surface area (TPSA) is 50.9 Å². The van der Waals surface area contributed by atoms with Gasteiger partial charge in [0.1, 0.15) is 0 Å². The number of nitrogens with zero attached hydrogens (tertiary/aromatic N) is 1. The van der Waals surface area contributed by atoms with E-state index in [2.05, 4.69) is 34.8 Å². The van der Waals surface area contributed by atoms with Crippen LogP contribution in [0, 0.1) is 13.8 Å². The van der Waals surface area contributed by atoms with E-state index in [-0.39, 0.29) is 6.04 Å². The molecular weight excluding hydrogens is 230 g/mol. The van der Waals surface area contributed by atoms with Crippen LogP contribution >= 0.6 is 11.3 Å². The lowest BCUT2D eigenvalue weighted by Crippen LogP contribution is -2.30. The lowest BCUT2D eigenvalue weighted by atomic mass is 9.98. The van der Waals surface area contributed by atoms with Crippen molar-refractivity contribution in [2.75, 3.05) is 0 Å². The van der Waals surface area contributed by atoms with Crippen LogP contribution in [0.1, 0.15) is 27.9 Å². The minimum absolute atomic E-state index is 0.123. The van der Waals surface area contributed by atoms with Gasteiger partial charge in [0.25, 0.3) is 0 Å². The average molecular weight is 247 g/mol. The molecule has 17 heavy (non-hydrogen) atoms. The number of rotatable bonds is 4. The Balaban J connectivity index is 2.20. The normalized spacial score (nSPS) is 12.6. The van der Waals surface area contributed by atoms with Crippen LogP contribution in [-0.4, -0.2) is 4.98 Å². The van der Waals surface area contributed by atoms with Crippen molar-refractivity contribution >= 4 is 11.3 Å². The van der Waals surface area contributed by atoms with Gasteiger partial charge in [0.05, 0.1) is 16.7 Å². The van der Waals surface area contributed by atoms with Crippen molar-refractivity contribution in [3.05, 3.63) is 51.5 Å². The number of hydrazine groups is 1. The molecule has 1 aromatic carbocycles. The number of nitrogens with two attached hydrogens (primary N) is 1. The molecule has 1 atom stereocenters. The fourth-order valence-electron chi connectivity index (χ4n) is 1.95. The van der Waals surface area contributed by atoms with Gasteiger partial charge in [-0.3, -0.25) is 11.3 Å². The minimum atomic E-state index is 0.123. The van der Waals surface area contributed by atoms with Crippen molar-refractivity contribution in [2.45, 2.75) is 26.3 Å². The number of thiazole rings is 1. The lowest BCUT2D eigenvalue weighted by Gasteiger charge is -2.17. The molecule has 0 saturated carbocycles. The van der Waals surface area contributed by atoms with E-state index >= 15 is 0 Å². The molecule has 0 fully saturated rings. The fraction of sp³-hybridized carbons (Fsp3) is 0.308. The van der Waals surface area contributed by atoms with Gasteiger partial charge in [0, 0.05) is 11.8 Å². The predicted octanol–water partition coefficient (Wildman–Crippen LogP) is 2.51. The number of nitrogens with one attached hydrogen (secondary N) is 1. The first-order valence-electron chi connectivity index (χ1n) is 5.63. The summed E-state index contributed by atoms with van der Waals surface area (Å²) in [6, 6.07) is 8.42. The van der Waals surface area contributed by atoms with Gasteiger partial charge >= 0.3 is 0 Å². The molecule has 0 bridgehead atoms. The second-order valence-corrected chi connectivity index (χ2v) is 5.20. The highest BCUT2D eigenvalue weighted by molar-refractivity contribution is 7.09. The van der Waals surface area contributed by atoms with Crippen LogP contribution in [-0.2, 0) is 6.42 Å². The van der Waals surface area contributed by atoms with Crippen molar-refractivity contribution in [3.8, 4) is 0 Å². The maximum atomic E-state index is 5.65. The highest BCUT2D eigenvalue weighted by Gasteiger charge is 2.13. The monoisotopic (exact) mass is 247 g/mol. The van der Waals surface area contributed by atoms with Crippen molar-refractivity contribution in [1.29, 1.82) is 0 Å². The first-order valence-corrected chi connectivity index (χ1v) is 6.51. The first-order chi connectivity index (χ1) is 8.20. The Bertz CT molecular complexity index is 493. The molecule has 1 heterocycles. The molecule has 90 valence electrons. The lowest BCUT2D eigenvalue weighted by molar-refractivity contribution is 0.544. The Hall–Kier alpha value is -1.23. The van der Waals surface area contributed by atoms with E-state index in [0.29, 0.717) is 0 Å². The molecule has 0 aliphatic rings. The van der Waals surface area contributed by atoms with Gasteiger partial charge in [-0.1, -0.05) is 24.3 Å². The molecule has 0 radical (unpaired) electrons. The van der Waals surface area contributed by atoms with E-state index in [9.17, 15) is 0 Å². The third kappa shape index (κ3) is 2.91. The van der Waals surface area contributed by atoms with Crippen molar-refractivity contribution < 1.29 is 0 Å². The van der Waals surface area contributed by atoms with Crippen LogP contribution in [0.2, 0.25) is 0 Å². The van der Waals surface area contributed by atoms with Crippen molar-refractivity contribution in [2.24, 2.45) is 5.84 Å². The van der Waals surface area contributed by atoms with Gasteiger partial charge in [-0.05, 0) is 25.0 Å². The Morgan fingerprint density at radius 2 is 2.12 bits per heavy atom. The van der Waals surface area contributed by atoms with E-state index in [1.165, 1.54) is 11.1 Å². The molecule has 3 nitrogen and oxygen atoms in total. The highest BCUT2D eigenvalue weighted by atomic mass is 32.1. The zero-order chi connectivity index (χ0) is 12.3. The van der Waals surface area contributed by atoms with Gasteiger partial charge in [0.15, 0.2) is 0 Å². The van der Waals surface area contributed by atoms with Crippen LogP contribution in [0.25, 0.3) is 0 Å². The van der Waals surface area contributed by atoms with E-state index in [4.69, 9.17) is 5.84 Å². The summed E-state index contributed by atoms with van der Waals surface area (Å²) in [6.45, 7) is 4.12. The van der Waals surface area contributed by atoms with Crippen LogP contribution in [0.5, 0.6) is 0 Å². The molecule has 2 rings (SSSR count). The van der Waals surface area contributed by atoms with Crippen LogP contribution in [0.3, 0.4) is 0 Å². The third-order valence-electron chi connectivity index (χ3n) is 2.84. The maximum absolute atomic E-state index is 5.65. The Labute approximate surface area is 106 Å². The second-order valence-electron chi connectivity index (χ2n) is 4.14. The van der Waals surface area contributed by atoms with Crippen molar-refractivity contribution in [3.63, 3.8) is 0 Å². The number of aryl methyl sites for hydroxylation is 2. The molecule has 1 unspecified atom stereocenters. The van der Waals surface area contributed by atoms with Gasteiger partial charge in [0.2, 0.25) is 0 Å². The molecule has 2 aromatic rings. The van der Waals surface area contributed by atoms with Crippen LogP contribution < -0.4 is 11.3 Å². The SMILES string of the molecule is Cc1nc(CC(NN)c2ccccc2C)cs1. The van der Waals surface area contributed by atoms with E-state index < -0.39 is 0 Å². The summed E-state index contributed by atoms with van der Waals surface area (Å²) in [5.74, 6) is 5.65. The smallest absolute Gasteiger partial charge is 0.0897 e. The Morgan fingerprint density at radius 3 is 2.71 bits per heavy atom. The van der Waals surface area contributed by atoms with Crippen LogP contribution in [0.15, 0.2) is 29.6 Å². The van der Waals surface area contributed by atoms with E-state index in [1.54, 1.807) is 11.3 Å². The van der Waals surface area contributed by atoms with E-state index in [0.717, 1.165) is 17.1 Å². The molecule has 0 spiro atoms. The molecule has 3 N–H and O–H groups in total. The predicted molar refractivity (Wildman–Crippen MR) is 71.8 cm³/mol.